The van der Waals surface area contributed by atoms with Gasteiger partial charge in [0.05, 0.1) is 18.6 Å². The lowest BCUT2D eigenvalue weighted by atomic mass is 9.68. The van der Waals surface area contributed by atoms with E-state index < -0.39 is 37.3 Å². The zero-order chi connectivity index (χ0) is 25.5. The molecule has 7 heteroatoms. The van der Waals surface area contributed by atoms with Crippen LogP contribution >= 0.6 is 0 Å². The normalized spacial score (nSPS) is 34.8. The molecule has 196 valence electrons. The van der Waals surface area contributed by atoms with Crippen molar-refractivity contribution in [3.8, 4) is 11.5 Å². The lowest BCUT2D eigenvalue weighted by molar-refractivity contribution is -0.313. The fourth-order valence-corrected chi connectivity index (χ4v) is 5.76. The van der Waals surface area contributed by atoms with Crippen LogP contribution in [-0.2, 0) is 11.2 Å². The highest BCUT2D eigenvalue weighted by Crippen LogP contribution is 2.54. The molecule has 0 spiro atoms. The van der Waals surface area contributed by atoms with Gasteiger partial charge in [-0.2, -0.15) is 0 Å². The third kappa shape index (κ3) is 5.25. The van der Waals surface area contributed by atoms with Gasteiger partial charge in [-0.25, -0.2) is 0 Å². The summed E-state index contributed by atoms with van der Waals surface area (Å²) in [4.78, 5) is 0. The average Bonchev–Trinajstić information content (AvgIpc) is 2.80. The highest BCUT2D eigenvalue weighted by Gasteiger charge is 2.48. The number of benzene rings is 1. The van der Waals surface area contributed by atoms with Crippen LogP contribution in [0.4, 0.5) is 0 Å². The molecule has 1 fully saturated rings. The lowest BCUT2D eigenvalue weighted by Gasteiger charge is -2.47. The molecule has 1 aromatic carbocycles. The quantitative estimate of drug-likeness (QED) is 0.432. The second-order valence-electron chi connectivity index (χ2n) is 11.3. The van der Waals surface area contributed by atoms with Gasteiger partial charge in [-0.05, 0) is 70.1 Å². The summed E-state index contributed by atoms with van der Waals surface area (Å²) in [6, 6.07) is 4.14. The first kappa shape index (κ1) is 26.4. The van der Waals surface area contributed by atoms with Gasteiger partial charge in [-0.1, -0.05) is 31.9 Å². The molecule has 4 rings (SSSR count). The largest absolute Gasteiger partial charge is 0.487 e. The number of allylic oxidation sites excluding steroid dienone is 2. The number of aliphatic hydroxyl groups is 4. The van der Waals surface area contributed by atoms with Crippen LogP contribution in [0.3, 0.4) is 0 Å². The third-order valence-corrected chi connectivity index (χ3v) is 8.29. The minimum atomic E-state index is -1.61. The van der Waals surface area contributed by atoms with E-state index in [9.17, 15) is 20.4 Å². The van der Waals surface area contributed by atoms with Crippen LogP contribution in [0.5, 0.6) is 11.5 Å². The summed E-state index contributed by atoms with van der Waals surface area (Å²) < 4.78 is 18.5. The van der Waals surface area contributed by atoms with Crippen LogP contribution in [0.1, 0.15) is 77.3 Å². The molecular formula is C28H42O7. The Bertz CT molecular complexity index is 926. The van der Waals surface area contributed by atoms with E-state index in [1.54, 1.807) is 0 Å². The van der Waals surface area contributed by atoms with E-state index in [0.29, 0.717) is 11.7 Å². The maximum absolute atomic E-state index is 10.4. The molecule has 35 heavy (non-hydrogen) atoms. The Morgan fingerprint density at radius 3 is 2.60 bits per heavy atom. The van der Waals surface area contributed by atoms with Crippen LogP contribution in [0, 0.1) is 17.8 Å². The average molecular weight is 491 g/mol. The predicted molar refractivity (Wildman–Crippen MR) is 132 cm³/mol. The topological polar surface area (TPSA) is 109 Å². The number of hydrogen-bond acceptors (Lipinski definition) is 7. The molecule has 1 aromatic rings. The summed E-state index contributed by atoms with van der Waals surface area (Å²) in [6.07, 6.45) is 1.73. The Morgan fingerprint density at radius 1 is 1.17 bits per heavy atom. The van der Waals surface area contributed by atoms with E-state index in [0.717, 1.165) is 49.0 Å². The molecule has 0 bridgehead atoms. The standard InChI is InChI=1S/C28H42O7/c1-6-15(2)7-9-17-12-21(33-27-19(14-29)24(30)25(31)26(32)34-27)23-18-11-16(3)8-10-20(18)28(4,5)35-22(23)13-17/h11-13,15,18-20,24-27,29-32H,6-10,14H2,1-5H3/t15?,18-,19-,20-,24-,25+,26+,27?/m1/s1. The Morgan fingerprint density at radius 2 is 1.91 bits per heavy atom. The molecule has 0 saturated carbocycles. The molecule has 0 amide bonds. The van der Waals surface area contributed by atoms with Gasteiger partial charge < -0.3 is 34.6 Å². The summed E-state index contributed by atoms with van der Waals surface area (Å²) in [7, 11) is 0. The second kappa shape index (κ2) is 10.4. The Hall–Kier alpha value is -1.64. The van der Waals surface area contributed by atoms with Crippen molar-refractivity contribution in [1.82, 2.24) is 0 Å². The molecule has 0 radical (unpaired) electrons. The van der Waals surface area contributed by atoms with Gasteiger partial charge >= 0.3 is 0 Å². The van der Waals surface area contributed by atoms with Crippen molar-refractivity contribution in [2.45, 2.75) is 103 Å². The molecule has 7 nitrogen and oxygen atoms in total. The molecular weight excluding hydrogens is 448 g/mol. The molecule has 3 aliphatic rings. The first-order valence-electron chi connectivity index (χ1n) is 13.1. The first-order chi connectivity index (χ1) is 16.6. The lowest BCUT2D eigenvalue weighted by Crippen LogP contribution is -2.57. The fourth-order valence-electron chi connectivity index (χ4n) is 5.76. The van der Waals surface area contributed by atoms with Crippen LogP contribution in [0.2, 0.25) is 0 Å². The zero-order valence-corrected chi connectivity index (χ0v) is 21.6. The molecule has 4 N–H and O–H groups in total. The number of fused-ring (bicyclic) bond motifs is 3. The van der Waals surface area contributed by atoms with Crippen molar-refractivity contribution in [2.75, 3.05) is 6.61 Å². The van der Waals surface area contributed by atoms with Gasteiger partial charge in [0.15, 0.2) is 6.29 Å². The molecule has 2 unspecified atom stereocenters. The third-order valence-electron chi connectivity index (χ3n) is 8.29. The zero-order valence-electron chi connectivity index (χ0n) is 21.6. The molecule has 1 saturated heterocycles. The van der Waals surface area contributed by atoms with Crippen molar-refractivity contribution in [3.63, 3.8) is 0 Å². The maximum Gasteiger partial charge on any atom is 0.210 e. The van der Waals surface area contributed by atoms with Crippen LogP contribution in [0.15, 0.2) is 23.8 Å². The van der Waals surface area contributed by atoms with E-state index in [4.69, 9.17) is 14.2 Å². The smallest absolute Gasteiger partial charge is 0.210 e. The minimum absolute atomic E-state index is 0.0951. The van der Waals surface area contributed by atoms with Crippen LogP contribution < -0.4 is 9.47 Å². The number of hydrogen-bond donors (Lipinski definition) is 4. The number of rotatable bonds is 7. The van der Waals surface area contributed by atoms with Crippen molar-refractivity contribution in [2.24, 2.45) is 17.8 Å². The van der Waals surface area contributed by atoms with E-state index >= 15 is 0 Å². The van der Waals surface area contributed by atoms with Gasteiger partial charge in [-0.3, -0.25) is 0 Å². The summed E-state index contributed by atoms with van der Waals surface area (Å²) >= 11 is 0. The Balaban J connectivity index is 1.77. The Labute approximate surface area is 208 Å². The van der Waals surface area contributed by atoms with Gasteiger partial charge in [0, 0.05) is 17.4 Å². The van der Waals surface area contributed by atoms with Gasteiger partial charge in [0.2, 0.25) is 6.29 Å². The summed E-state index contributed by atoms with van der Waals surface area (Å²) in [5.74, 6) is 1.42. The van der Waals surface area contributed by atoms with Gasteiger partial charge in [0.1, 0.15) is 23.2 Å². The number of ether oxygens (including phenoxy) is 3. The van der Waals surface area contributed by atoms with Crippen LogP contribution in [-0.4, -0.2) is 57.4 Å². The molecule has 2 aliphatic heterocycles. The van der Waals surface area contributed by atoms with Crippen molar-refractivity contribution in [1.29, 1.82) is 0 Å². The second-order valence-corrected chi connectivity index (χ2v) is 11.3. The summed E-state index contributed by atoms with van der Waals surface area (Å²) in [6.45, 7) is 10.4. The van der Waals surface area contributed by atoms with E-state index in [2.05, 4.69) is 46.8 Å². The van der Waals surface area contributed by atoms with Gasteiger partial charge in [0.25, 0.3) is 0 Å². The van der Waals surface area contributed by atoms with Crippen LogP contribution in [0.25, 0.3) is 0 Å². The summed E-state index contributed by atoms with van der Waals surface area (Å²) in [5.41, 5.74) is 3.02. The Kier molecular flexibility index (Phi) is 7.84. The van der Waals surface area contributed by atoms with Crippen molar-refractivity contribution < 1.29 is 34.6 Å². The predicted octanol–water partition coefficient (Wildman–Crippen LogP) is 3.66. The molecule has 2 heterocycles. The number of aryl methyl sites for hydroxylation is 1. The van der Waals surface area contributed by atoms with Crippen molar-refractivity contribution in [3.05, 3.63) is 34.9 Å². The van der Waals surface area contributed by atoms with Crippen molar-refractivity contribution >= 4 is 0 Å². The summed E-state index contributed by atoms with van der Waals surface area (Å²) in [5, 5.41) is 40.5. The molecule has 8 atom stereocenters. The van der Waals surface area contributed by atoms with Gasteiger partial charge in [-0.15, -0.1) is 0 Å². The minimum Gasteiger partial charge on any atom is -0.487 e. The highest BCUT2D eigenvalue weighted by atomic mass is 16.7. The monoisotopic (exact) mass is 490 g/mol. The highest BCUT2D eigenvalue weighted by molar-refractivity contribution is 5.54. The molecule has 1 aliphatic carbocycles. The maximum atomic E-state index is 10.4. The van der Waals surface area contributed by atoms with E-state index in [-0.39, 0.29) is 17.4 Å². The fraction of sp³-hybridized carbons (Fsp3) is 0.714. The molecule has 0 aromatic heterocycles. The SMILES string of the molecule is CCC(C)CCc1cc(OC2O[C@H](O)[C@@H](O)[C@H](O)[C@H]2CO)c2c(c1)OC(C)(C)[C@@H]1CCC(C)=C[C@@H]21. The van der Waals surface area contributed by atoms with E-state index in [1.807, 2.05) is 6.07 Å². The van der Waals surface area contributed by atoms with E-state index in [1.165, 1.54) is 5.57 Å². The first-order valence-corrected chi connectivity index (χ1v) is 13.1. The number of aliphatic hydroxyl groups excluding tert-OH is 4.